The number of oxazole rings is 1. The number of anilines is 1. The lowest BCUT2D eigenvalue weighted by Gasteiger charge is -2.41. The Balaban J connectivity index is 1.20. The molecule has 0 aliphatic carbocycles. The Hall–Kier alpha value is -2.92. The van der Waals surface area contributed by atoms with Crippen LogP contribution >= 0.6 is 0 Å². The van der Waals surface area contributed by atoms with Gasteiger partial charge in [0.05, 0.1) is 7.11 Å². The number of pyridine rings is 1. The number of fused-ring (bicyclic) bond motifs is 1. The number of nitrogens with zero attached hydrogens (tertiary/aromatic N) is 4. The van der Waals surface area contributed by atoms with Gasteiger partial charge in [-0.1, -0.05) is 0 Å². The largest absolute Gasteiger partial charge is 0.464 e. The van der Waals surface area contributed by atoms with Crippen LogP contribution in [-0.2, 0) is 14.8 Å². The maximum Gasteiger partial charge on any atom is 0.360 e. The van der Waals surface area contributed by atoms with Gasteiger partial charge in [-0.2, -0.15) is 4.98 Å². The molecule has 2 fully saturated rings. The zero-order valence-electron chi connectivity index (χ0n) is 17.0. The van der Waals surface area contributed by atoms with Gasteiger partial charge < -0.3 is 19.0 Å². The predicted molar refractivity (Wildman–Crippen MR) is 112 cm³/mol. The minimum Gasteiger partial charge on any atom is -0.464 e. The van der Waals surface area contributed by atoms with Crippen molar-refractivity contribution in [3.05, 3.63) is 42.0 Å². The summed E-state index contributed by atoms with van der Waals surface area (Å²) in [4.78, 5) is 24.8. The summed E-state index contributed by atoms with van der Waals surface area (Å²) in [6.07, 6.45) is 6.52. The summed E-state index contributed by atoms with van der Waals surface area (Å²) in [5, 5.41) is 0.602. The summed E-state index contributed by atoms with van der Waals surface area (Å²) in [5.41, 5.74) is 2.14. The van der Waals surface area contributed by atoms with Gasteiger partial charge in [-0.25, -0.2) is 22.5 Å². The first-order valence-corrected chi connectivity index (χ1v) is 11.7. The van der Waals surface area contributed by atoms with Crippen LogP contribution in [0.5, 0.6) is 0 Å². The third kappa shape index (κ3) is 3.47. The van der Waals surface area contributed by atoms with Crippen molar-refractivity contribution in [2.75, 3.05) is 38.2 Å². The molecule has 0 atom stereocenters. The molecule has 3 aromatic heterocycles. The second-order valence-electron chi connectivity index (χ2n) is 7.90. The molecule has 164 valence electrons. The van der Waals surface area contributed by atoms with Crippen LogP contribution in [0, 0.1) is 0 Å². The zero-order chi connectivity index (χ0) is 21.6. The summed E-state index contributed by atoms with van der Waals surface area (Å²) in [7, 11) is -2.14. The summed E-state index contributed by atoms with van der Waals surface area (Å²) in [6.45, 7) is 1.58. The van der Waals surface area contributed by atoms with Crippen LogP contribution in [0.3, 0.4) is 0 Å². The minimum absolute atomic E-state index is 0.0679. The second kappa shape index (κ2) is 7.65. The topological polar surface area (TPSA) is 122 Å². The van der Waals surface area contributed by atoms with E-state index in [1.165, 1.54) is 18.9 Å². The van der Waals surface area contributed by atoms with Crippen LogP contribution in [0.25, 0.3) is 11.0 Å². The van der Waals surface area contributed by atoms with Crippen LogP contribution in [0.1, 0.15) is 34.8 Å². The number of aromatic nitrogens is 3. The van der Waals surface area contributed by atoms with E-state index in [0.717, 1.165) is 23.9 Å². The third-order valence-electron chi connectivity index (χ3n) is 6.16. The van der Waals surface area contributed by atoms with Gasteiger partial charge in [0.15, 0.2) is 5.69 Å². The van der Waals surface area contributed by atoms with E-state index in [0.29, 0.717) is 19.0 Å². The zero-order valence-corrected chi connectivity index (χ0v) is 17.8. The van der Waals surface area contributed by atoms with Gasteiger partial charge in [-0.05, 0) is 36.5 Å². The lowest BCUT2D eigenvalue weighted by Crippen LogP contribution is -2.59. The van der Waals surface area contributed by atoms with E-state index >= 15 is 0 Å². The Bertz CT molecular complexity index is 1210. The normalized spacial score (nSPS) is 18.9. The van der Waals surface area contributed by atoms with Crippen molar-refractivity contribution in [1.29, 1.82) is 0 Å². The van der Waals surface area contributed by atoms with Crippen molar-refractivity contribution >= 4 is 33.0 Å². The van der Waals surface area contributed by atoms with Crippen LogP contribution < -0.4 is 4.90 Å². The van der Waals surface area contributed by atoms with Crippen molar-refractivity contribution in [2.24, 2.45) is 0 Å². The Morgan fingerprint density at radius 3 is 2.81 bits per heavy atom. The van der Waals surface area contributed by atoms with E-state index < -0.39 is 21.2 Å². The molecule has 0 radical (unpaired) electrons. The van der Waals surface area contributed by atoms with Crippen LogP contribution in [0.15, 0.2) is 35.2 Å². The maximum atomic E-state index is 13.1. The number of ether oxygens (including phenoxy) is 1. The molecule has 0 saturated carbocycles. The van der Waals surface area contributed by atoms with Gasteiger partial charge in [0.2, 0.25) is 10.0 Å². The number of methoxy groups -OCH3 is 1. The standard InChI is InChI=1S/C20H23N5O5S/c1-29-19(26)17-12-30-20(23-17)24-10-14(11-24)31(27,28)25-7-4-13(5-8-25)16-9-22-18-15(16)3-2-6-21-18/h2-3,6,9,12-14H,4-5,7-8,10-11H2,1H3,(H,21,22). The molecule has 2 saturated heterocycles. The second-order valence-corrected chi connectivity index (χ2v) is 10.1. The molecule has 2 aliphatic rings. The van der Waals surface area contributed by atoms with Crippen molar-refractivity contribution < 1.29 is 22.4 Å². The van der Waals surface area contributed by atoms with E-state index in [4.69, 9.17) is 4.42 Å². The van der Waals surface area contributed by atoms with Crippen molar-refractivity contribution in [1.82, 2.24) is 19.3 Å². The lowest BCUT2D eigenvalue weighted by molar-refractivity contribution is 0.0594. The Morgan fingerprint density at radius 1 is 1.29 bits per heavy atom. The highest BCUT2D eigenvalue weighted by Crippen LogP contribution is 2.35. The molecular weight excluding hydrogens is 422 g/mol. The number of nitrogens with one attached hydrogen (secondary N) is 1. The molecule has 0 unspecified atom stereocenters. The van der Waals surface area contributed by atoms with Gasteiger partial charge in [-0.3, -0.25) is 0 Å². The third-order valence-corrected chi connectivity index (χ3v) is 8.39. The highest BCUT2D eigenvalue weighted by atomic mass is 32.2. The van der Waals surface area contributed by atoms with E-state index in [-0.39, 0.29) is 24.8 Å². The number of aromatic amines is 1. The first-order chi connectivity index (χ1) is 15.0. The van der Waals surface area contributed by atoms with Gasteiger partial charge >= 0.3 is 5.97 Å². The average molecular weight is 446 g/mol. The molecule has 3 aromatic rings. The number of rotatable bonds is 5. The highest BCUT2D eigenvalue weighted by molar-refractivity contribution is 7.89. The molecule has 0 aromatic carbocycles. The molecular formula is C20H23N5O5S. The van der Waals surface area contributed by atoms with Crippen LogP contribution in [-0.4, -0.2) is 72.2 Å². The Morgan fingerprint density at radius 2 is 2.06 bits per heavy atom. The SMILES string of the molecule is COC(=O)c1coc(N2CC(S(=O)(=O)N3CCC(c4c[nH]c5ncccc45)CC3)C2)n1. The molecule has 1 N–H and O–H groups in total. The maximum absolute atomic E-state index is 13.1. The Kier molecular flexibility index (Phi) is 4.94. The summed E-state index contributed by atoms with van der Waals surface area (Å²) < 4.78 is 37.6. The minimum atomic E-state index is -3.40. The number of hydrogen-bond donors (Lipinski definition) is 1. The summed E-state index contributed by atoms with van der Waals surface area (Å²) in [6, 6.07) is 4.21. The van der Waals surface area contributed by atoms with Gasteiger partial charge in [-0.15, -0.1) is 0 Å². The number of esters is 1. The number of carbonyl (C=O) groups excluding carboxylic acids is 1. The molecule has 10 nitrogen and oxygen atoms in total. The molecule has 31 heavy (non-hydrogen) atoms. The average Bonchev–Trinajstić information content (AvgIpc) is 3.39. The fourth-order valence-electron chi connectivity index (χ4n) is 4.34. The van der Waals surface area contributed by atoms with E-state index in [2.05, 4.69) is 25.8 Å². The first-order valence-electron chi connectivity index (χ1n) is 10.2. The molecule has 5 heterocycles. The quantitative estimate of drug-likeness (QED) is 0.590. The lowest BCUT2D eigenvalue weighted by atomic mass is 9.90. The fourth-order valence-corrected chi connectivity index (χ4v) is 6.22. The fraction of sp³-hybridized carbons (Fsp3) is 0.450. The molecule has 0 amide bonds. The number of sulfonamides is 1. The number of H-pyrrole nitrogens is 1. The monoisotopic (exact) mass is 445 g/mol. The molecule has 11 heteroatoms. The summed E-state index contributed by atoms with van der Waals surface area (Å²) in [5.74, 6) is -0.278. The van der Waals surface area contributed by atoms with Crippen molar-refractivity contribution in [3.8, 4) is 0 Å². The molecule has 0 bridgehead atoms. The van der Waals surface area contributed by atoms with Crippen molar-refractivity contribution in [3.63, 3.8) is 0 Å². The number of piperidine rings is 1. The molecule has 2 aliphatic heterocycles. The van der Waals surface area contributed by atoms with Gasteiger partial charge in [0.1, 0.15) is 17.2 Å². The van der Waals surface area contributed by atoms with E-state index in [9.17, 15) is 13.2 Å². The Labute approximate surface area is 179 Å². The van der Waals surface area contributed by atoms with Crippen LogP contribution in [0.2, 0.25) is 0 Å². The first kappa shape index (κ1) is 20.0. The summed E-state index contributed by atoms with van der Waals surface area (Å²) >= 11 is 0. The van der Waals surface area contributed by atoms with E-state index in [1.807, 2.05) is 12.3 Å². The van der Waals surface area contributed by atoms with Gasteiger partial charge in [0, 0.05) is 44.0 Å². The smallest absolute Gasteiger partial charge is 0.360 e. The van der Waals surface area contributed by atoms with Gasteiger partial charge in [0.25, 0.3) is 6.01 Å². The molecule has 0 spiro atoms. The highest BCUT2D eigenvalue weighted by Gasteiger charge is 2.43. The predicted octanol–water partition coefficient (Wildman–Crippen LogP) is 1.74. The number of hydrogen-bond acceptors (Lipinski definition) is 8. The molecule has 5 rings (SSSR count). The van der Waals surface area contributed by atoms with Crippen LogP contribution in [0.4, 0.5) is 6.01 Å². The number of carbonyl (C=O) groups is 1. The van der Waals surface area contributed by atoms with Crippen molar-refractivity contribution in [2.45, 2.75) is 24.0 Å². The van der Waals surface area contributed by atoms with E-state index in [1.54, 1.807) is 15.4 Å².